The van der Waals surface area contributed by atoms with Crippen LogP contribution in [0.2, 0.25) is 0 Å². The Labute approximate surface area is 124 Å². The first-order chi connectivity index (χ1) is 9.78. The molecule has 21 heavy (non-hydrogen) atoms. The highest BCUT2D eigenvalue weighted by Crippen LogP contribution is 2.64. The summed E-state index contributed by atoms with van der Waals surface area (Å²) in [6.07, 6.45) is 4.32. The standard InChI is InChI=1S/C15H23NO5/c1-9(2)13-7-14-10(3)4-5-12(14)11(8-20-16(18)19)6-15(13,17)21-14/h8-10,12-13,17H,4-7H2,1-3H3/b11-8+. The summed E-state index contributed by atoms with van der Waals surface area (Å²) in [5, 5.41) is 20.6. The summed E-state index contributed by atoms with van der Waals surface area (Å²) < 4.78 is 6.21. The van der Waals surface area contributed by atoms with Crippen molar-refractivity contribution < 1.29 is 19.8 Å². The van der Waals surface area contributed by atoms with Gasteiger partial charge in [0, 0.05) is 18.3 Å². The molecule has 5 atom stereocenters. The van der Waals surface area contributed by atoms with Gasteiger partial charge in [0.25, 0.3) is 5.09 Å². The second kappa shape index (κ2) is 4.68. The van der Waals surface area contributed by atoms with E-state index < -0.39 is 10.9 Å². The summed E-state index contributed by atoms with van der Waals surface area (Å²) in [5.41, 5.74) is 0.446. The molecule has 1 N–H and O–H groups in total. The van der Waals surface area contributed by atoms with E-state index in [-0.39, 0.29) is 17.4 Å². The van der Waals surface area contributed by atoms with Crippen LogP contribution >= 0.6 is 0 Å². The number of fused-ring (bicyclic) bond motifs is 1. The van der Waals surface area contributed by atoms with Gasteiger partial charge in [0.2, 0.25) is 0 Å². The molecule has 6 heteroatoms. The monoisotopic (exact) mass is 297 g/mol. The molecule has 3 aliphatic rings. The molecular formula is C15H23NO5. The number of nitrogens with zero attached hydrogens (tertiary/aromatic N) is 1. The van der Waals surface area contributed by atoms with Crippen LogP contribution in [0.15, 0.2) is 11.8 Å². The minimum Gasteiger partial charge on any atom is -0.365 e. The zero-order valence-electron chi connectivity index (χ0n) is 12.7. The maximum Gasteiger partial charge on any atom is 0.299 e. The summed E-state index contributed by atoms with van der Waals surface area (Å²) in [6.45, 7) is 6.34. The van der Waals surface area contributed by atoms with Crippen molar-refractivity contribution in [2.75, 3.05) is 0 Å². The predicted molar refractivity (Wildman–Crippen MR) is 74.4 cm³/mol. The molecular weight excluding hydrogens is 274 g/mol. The molecule has 1 spiro atoms. The fourth-order valence-corrected chi connectivity index (χ4v) is 4.79. The van der Waals surface area contributed by atoms with Crippen LogP contribution in [0.1, 0.15) is 46.5 Å². The summed E-state index contributed by atoms with van der Waals surface area (Å²) in [7, 11) is 0. The molecule has 3 fully saturated rings. The predicted octanol–water partition coefficient (Wildman–Crippen LogP) is 2.65. The highest BCUT2D eigenvalue weighted by atomic mass is 16.9. The Morgan fingerprint density at radius 3 is 2.86 bits per heavy atom. The van der Waals surface area contributed by atoms with E-state index in [4.69, 9.17) is 4.74 Å². The first-order valence-electron chi connectivity index (χ1n) is 7.71. The van der Waals surface area contributed by atoms with Crippen molar-refractivity contribution in [3.63, 3.8) is 0 Å². The molecule has 5 unspecified atom stereocenters. The van der Waals surface area contributed by atoms with Gasteiger partial charge in [-0.2, -0.15) is 0 Å². The number of hydrogen-bond donors (Lipinski definition) is 1. The summed E-state index contributed by atoms with van der Waals surface area (Å²) in [4.78, 5) is 15.0. The van der Waals surface area contributed by atoms with E-state index >= 15 is 0 Å². The summed E-state index contributed by atoms with van der Waals surface area (Å²) >= 11 is 0. The lowest BCUT2D eigenvalue weighted by Gasteiger charge is -2.43. The van der Waals surface area contributed by atoms with Crippen LogP contribution in [0.3, 0.4) is 0 Å². The van der Waals surface area contributed by atoms with Crippen molar-refractivity contribution in [2.45, 2.75) is 57.8 Å². The van der Waals surface area contributed by atoms with Gasteiger partial charge < -0.3 is 9.84 Å². The van der Waals surface area contributed by atoms with Gasteiger partial charge in [-0.3, -0.25) is 4.84 Å². The number of hydrogen-bond acceptors (Lipinski definition) is 5. The van der Waals surface area contributed by atoms with Crippen molar-refractivity contribution in [3.05, 3.63) is 21.9 Å². The minimum absolute atomic E-state index is 0.0575. The fraction of sp³-hybridized carbons (Fsp3) is 0.867. The van der Waals surface area contributed by atoms with Crippen LogP contribution in [0.25, 0.3) is 0 Å². The maximum atomic E-state index is 11.0. The topological polar surface area (TPSA) is 81.8 Å². The number of rotatable bonds is 3. The van der Waals surface area contributed by atoms with Crippen LogP contribution < -0.4 is 0 Å². The van der Waals surface area contributed by atoms with Crippen molar-refractivity contribution in [3.8, 4) is 0 Å². The molecule has 3 rings (SSSR count). The normalized spacial score (nSPS) is 46.9. The SMILES string of the molecule is CC(C)C1CC23OC1(O)C/C(=C\O[N+](=O)[O-])C2CCC3C. The van der Waals surface area contributed by atoms with E-state index in [9.17, 15) is 15.2 Å². The Bertz CT molecular complexity index is 490. The van der Waals surface area contributed by atoms with Gasteiger partial charge in [0.15, 0.2) is 5.79 Å². The average molecular weight is 297 g/mol. The lowest BCUT2D eigenvalue weighted by atomic mass is 9.77. The number of ether oxygens (including phenoxy) is 1. The molecule has 0 aromatic heterocycles. The van der Waals surface area contributed by atoms with Crippen molar-refractivity contribution >= 4 is 0 Å². The van der Waals surface area contributed by atoms with Crippen molar-refractivity contribution in [1.82, 2.24) is 0 Å². The summed E-state index contributed by atoms with van der Waals surface area (Å²) in [6, 6.07) is 0. The highest BCUT2D eigenvalue weighted by Gasteiger charge is 2.67. The molecule has 6 nitrogen and oxygen atoms in total. The van der Waals surface area contributed by atoms with Gasteiger partial charge >= 0.3 is 0 Å². The minimum atomic E-state index is -1.21. The molecule has 118 valence electrons. The Kier molecular flexibility index (Phi) is 3.29. The van der Waals surface area contributed by atoms with Crippen LogP contribution in [0, 0.1) is 33.8 Å². The maximum absolute atomic E-state index is 11.0. The third-order valence-electron chi connectivity index (χ3n) is 5.80. The molecule has 1 aliphatic carbocycles. The van der Waals surface area contributed by atoms with Gasteiger partial charge in [0.1, 0.15) is 0 Å². The first-order valence-corrected chi connectivity index (χ1v) is 7.71. The van der Waals surface area contributed by atoms with Gasteiger partial charge in [-0.05, 0) is 36.7 Å². The third kappa shape index (κ3) is 2.07. The van der Waals surface area contributed by atoms with Crippen molar-refractivity contribution in [1.29, 1.82) is 0 Å². The first kappa shape index (κ1) is 14.8. The Morgan fingerprint density at radius 1 is 1.52 bits per heavy atom. The van der Waals surface area contributed by atoms with Crippen LogP contribution in [0.4, 0.5) is 0 Å². The van der Waals surface area contributed by atoms with Crippen LogP contribution in [0.5, 0.6) is 0 Å². The Balaban J connectivity index is 1.99. The van der Waals surface area contributed by atoms with Gasteiger partial charge in [-0.15, -0.1) is 10.1 Å². The van der Waals surface area contributed by atoms with E-state index in [2.05, 4.69) is 25.6 Å². The van der Waals surface area contributed by atoms with E-state index in [0.29, 0.717) is 18.3 Å². The molecule has 2 bridgehead atoms. The van der Waals surface area contributed by atoms with E-state index in [0.717, 1.165) is 24.8 Å². The lowest BCUT2D eigenvalue weighted by molar-refractivity contribution is -0.738. The summed E-state index contributed by atoms with van der Waals surface area (Å²) in [5.74, 6) is -0.385. The fourth-order valence-electron chi connectivity index (χ4n) is 4.79. The molecule has 2 heterocycles. The smallest absolute Gasteiger partial charge is 0.299 e. The lowest BCUT2D eigenvalue weighted by Crippen LogP contribution is -2.49. The van der Waals surface area contributed by atoms with E-state index in [1.165, 1.54) is 6.26 Å². The molecule has 2 aliphatic heterocycles. The molecule has 0 amide bonds. The van der Waals surface area contributed by atoms with Gasteiger partial charge in [-0.25, -0.2) is 0 Å². The third-order valence-corrected chi connectivity index (χ3v) is 5.80. The van der Waals surface area contributed by atoms with Crippen LogP contribution in [-0.4, -0.2) is 21.6 Å². The molecule has 2 saturated heterocycles. The molecule has 0 radical (unpaired) electrons. The Morgan fingerprint density at radius 2 is 2.24 bits per heavy atom. The van der Waals surface area contributed by atoms with Gasteiger partial charge in [0.05, 0.1) is 11.9 Å². The zero-order chi connectivity index (χ0) is 15.4. The Hall–Kier alpha value is -1.14. The van der Waals surface area contributed by atoms with E-state index in [1.54, 1.807) is 0 Å². The highest BCUT2D eigenvalue weighted by molar-refractivity contribution is 5.25. The molecule has 0 aromatic rings. The van der Waals surface area contributed by atoms with E-state index in [1.807, 2.05) is 0 Å². The second-order valence-corrected chi connectivity index (χ2v) is 7.19. The second-order valence-electron chi connectivity index (χ2n) is 7.19. The zero-order valence-corrected chi connectivity index (χ0v) is 12.7. The number of aliphatic hydroxyl groups is 1. The largest absolute Gasteiger partial charge is 0.365 e. The van der Waals surface area contributed by atoms with Crippen molar-refractivity contribution in [2.24, 2.45) is 23.7 Å². The molecule has 0 aromatic carbocycles. The van der Waals surface area contributed by atoms with Crippen LogP contribution in [-0.2, 0) is 9.57 Å². The quantitative estimate of drug-likeness (QED) is 0.492. The van der Waals surface area contributed by atoms with Gasteiger partial charge in [-0.1, -0.05) is 20.8 Å². The average Bonchev–Trinajstić information content (AvgIpc) is 2.83. The molecule has 1 saturated carbocycles.